The molecule has 4 nitrogen and oxygen atoms in total. The molecule has 0 radical (unpaired) electrons. The topological polar surface area (TPSA) is 58.9 Å². The second-order valence-electron chi connectivity index (χ2n) is 9.08. The van der Waals surface area contributed by atoms with Gasteiger partial charge in [0.15, 0.2) is 15.9 Å². The van der Waals surface area contributed by atoms with Gasteiger partial charge in [-0.25, -0.2) is 0 Å². The number of fused-ring (bicyclic) bond motifs is 1. The maximum atomic E-state index is 11.4. The normalized spacial score (nSPS) is 46.9. The number of allylic oxidation sites excluding steroid dienone is 2. The molecule has 0 aromatic rings. The van der Waals surface area contributed by atoms with E-state index in [0.717, 1.165) is 36.8 Å². The van der Waals surface area contributed by atoms with Crippen LogP contribution in [0.25, 0.3) is 0 Å². The minimum absolute atomic E-state index is 0.250. The first-order chi connectivity index (χ1) is 12.9. The van der Waals surface area contributed by atoms with Crippen molar-refractivity contribution in [1.29, 1.82) is 0 Å². The SMILES string of the molecule is C=C(C)[C@@H]1CC[C@]23CC[C@@]4(CC[C@@H](C(=C)C)C[C@@]4(O)O2)O[C@]3(O)C1.ClC(Cl)Cl. The van der Waals surface area contributed by atoms with Gasteiger partial charge in [0.2, 0.25) is 0 Å². The predicted octanol–water partition coefficient (Wildman–Crippen LogP) is 5.42. The van der Waals surface area contributed by atoms with Crippen molar-refractivity contribution in [3.05, 3.63) is 24.3 Å². The Morgan fingerprint density at radius 1 is 0.821 bits per heavy atom. The monoisotopic (exact) mass is 452 g/mol. The summed E-state index contributed by atoms with van der Waals surface area (Å²) in [6, 6.07) is 0. The van der Waals surface area contributed by atoms with Crippen LogP contribution >= 0.6 is 34.8 Å². The van der Waals surface area contributed by atoms with Crippen LogP contribution < -0.4 is 0 Å². The standard InChI is InChI=1S/C20H30O4.CHCl3/c1-13(2)15-5-7-17-9-10-18(23-19(17,21)11-15)8-6-16(14(3)4)12-20(18,22)24-17;2-1(3)4/h15-16,21-22H,1,3,5-12H2,2,4H3;1H/t15-,16-,17-,18-,19-,20-;/m1./s1. The Bertz CT molecular complexity index is 601. The smallest absolute Gasteiger partial charge is 0.196 e. The lowest BCUT2D eigenvalue weighted by Gasteiger charge is -2.70. The molecule has 3 aliphatic heterocycles. The highest BCUT2D eigenvalue weighted by atomic mass is 35.6. The van der Waals surface area contributed by atoms with Gasteiger partial charge in [0.05, 0.1) is 0 Å². The summed E-state index contributed by atoms with van der Waals surface area (Å²) >= 11 is 14.4. The zero-order chi connectivity index (χ0) is 21.0. The Morgan fingerprint density at radius 2 is 1.14 bits per heavy atom. The number of alkyl halides is 3. The average Bonchev–Trinajstić information content (AvgIpc) is 2.57. The summed E-state index contributed by atoms with van der Waals surface area (Å²) in [6.07, 6.45) is 5.81. The summed E-state index contributed by atoms with van der Waals surface area (Å²) in [6.45, 7) is 12.2. The number of hydrogen-bond donors (Lipinski definition) is 2. The van der Waals surface area contributed by atoms with E-state index in [-0.39, 0.29) is 11.8 Å². The molecule has 7 heteroatoms. The number of ether oxygens (including phenoxy) is 2. The third-order valence-electron chi connectivity index (χ3n) is 7.32. The molecule has 3 saturated heterocycles. The molecule has 0 unspecified atom stereocenters. The van der Waals surface area contributed by atoms with Gasteiger partial charge < -0.3 is 19.7 Å². The van der Waals surface area contributed by atoms with Crippen LogP contribution in [0, 0.1) is 11.8 Å². The lowest BCUT2D eigenvalue weighted by Crippen LogP contribution is -2.81. The van der Waals surface area contributed by atoms with Gasteiger partial charge in [-0.2, -0.15) is 0 Å². The Labute approximate surface area is 182 Å². The summed E-state index contributed by atoms with van der Waals surface area (Å²) < 4.78 is 12.0. The quantitative estimate of drug-likeness (QED) is 0.433. The molecule has 3 heterocycles. The summed E-state index contributed by atoms with van der Waals surface area (Å²) in [5.74, 6) is -2.12. The second-order valence-corrected chi connectivity index (χ2v) is 11.1. The first kappa shape index (κ1) is 22.9. The molecular weight excluding hydrogens is 423 g/mol. The van der Waals surface area contributed by atoms with Gasteiger partial charge in [0.25, 0.3) is 0 Å². The van der Waals surface area contributed by atoms with E-state index in [1.54, 1.807) is 0 Å². The van der Waals surface area contributed by atoms with Crippen molar-refractivity contribution >= 4 is 34.8 Å². The highest BCUT2D eigenvalue weighted by Crippen LogP contribution is 2.65. The van der Waals surface area contributed by atoms with Crippen LogP contribution in [0.15, 0.2) is 24.3 Å². The lowest BCUT2D eigenvalue weighted by atomic mass is 9.59. The fourth-order valence-corrected chi connectivity index (χ4v) is 5.61. The van der Waals surface area contributed by atoms with E-state index in [1.807, 2.05) is 13.8 Å². The fraction of sp³-hybridized carbons (Fsp3) is 0.810. The molecule has 6 atom stereocenters. The molecule has 160 valence electrons. The molecule has 5 aliphatic rings. The van der Waals surface area contributed by atoms with Gasteiger partial charge in [-0.15, -0.1) is 0 Å². The molecule has 5 rings (SSSR count). The van der Waals surface area contributed by atoms with Crippen molar-refractivity contribution in [2.24, 2.45) is 11.8 Å². The molecule has 0 amide bonds. The Hall–Kier alpha value is 0.190. The van der Waals surface area contributed by atoms with Gasteiger partial charge >= 0.3 is 0 Å². The molecule has 5 fully saturated rings. The van der Waals surface area contributed by atoms with E-state index in [2.05, 4.69) is 13.2 Å². The minimum Gasteiger partial charge on any atom is -0.363 e. The molecule has 2 spiro atoms. The predicted molar refractivity (Wildman–Crippen MR) is 112 cm³/mol. The third kappa shape index (κ3) is 3.68. The summed E-state index contributed by atoms with van der Waals surface area (Å²) in [5, 5.41) is 22.8. The van der Waals surface area contributed by atoms with Crippen molar-refractivity contribution in [3.63, 3.8) is 0 Å². The zero-order valence-corrected chi connectivity index (χ0v) is 18.9. The first-order valence-corrected chi connectivity index (χ1v) is 11.3. The van der Waals surface area contributed by atoms with E-state index >= 15 is 0 Å². The Morgan fingerprint density at radius 3 is 1.43 bits per heavy atom. The van der Waals surface area contributed by atoms with E-state index < -0.39 is 27.1 Å². The molecule has 0 aromatic carbocycles. The zero-order valence-electron chi connectivity index (χ0n) is 16.6. The van der Waals surface area contributed by atoms with Crippen molar-refractivity contribution in [1.82, 2.24) is 0 Å². The van der Waals surface area contributed by atoms with E-state index in [4.69, 9.17) is 44.3 Å². The van der Waals surface area contributed by atoms with Crippen molar-refractivity contribution < 1.29 is 19.7 Å². The summed E-state index contributed by atoms with van der Waals surface area (Å²) in [7, 11) is 0. The van der Waals surface area contributed by atoms with Gasteiger partial charge in [-0.05, 0) is 64.2 Å². The van der Waals surface area contributed by atoms with E-state index in [0.29, 0.717) is 25.7 Å². The molecule has 2 N–H and O–H groups in total. The second kappa shape index (κ2) is 7.71. The molecule has 0 aromatic heterocycles. The summed E-state index contributed by atoms with van der Waals surface area (Å²) in [4.78, 5) is 0. The lowest BCUT2D eigenvalue weighted by molar-refractivity contribution is -0.528. The number of halogens is 3. The maximum Gasteiger partial charge on any atom is 0.196 e. The molecule has 2 saturated carbocycles. The summed E-state index contributed by atoms with van der Waals surface area (Å²) in [5.41, 5.74) is 0.600. The van der Waals surface area contributed by atoms with Crippen LogP contribution in [0.5, 0.6) is 0 Å². The Balaban J connectivity index is 0.000000516. The van der Waals surface area contributed by atoms with Crippen LogP contribution in [0.4, 0.5) is 0 Å². The van der Waals surface area contributed by atoms with Crippen LogP contribution in [0.3, 0.4) is 0 Å². The average molecular weight is 454 g/mol. The van der Waals surface area contributed by atoms with E-state index in [1.165, 1.54) is 0 Å². The van der Waals surface area contributed by atoms with E-state index in [9.17, 15) is 10.2 Å². The Kier molecular flexibility index (Phi) is 6.29. The minimum atomic E-state index is -1.31. The highest BCUT2D eigenvalue weighted by molar-refractivity contribution is 6.63. The van der Waals surface area contributed by atoms with Crippen LogP contribution in [-0.2, 0) is 9.47 Å². The van der Waals surface area contributed by atoms with Crippen molar-refractivity contribution in [3.8, 4) is 0 Å². The number of rotatable bonds is 2. The van der Waals surface area contributed by atoms with Gasteiger partial charge in [0, 0.05) is 12.8 Å². The molecular formula is C21H31Cl3O4. The van der Waals surface area contributed by atoms with Gasteiger partial charge in [-0.1, -0.05) is 59.1 Å². The number of aliphatic hydroxyl groups is 2. The van der Waals surface area contributed by atoms with Crippen molar-refractivity contribution in [2.75, 3.05) is 0 Å². The van der Waals surface area contributed by atoms with Crippen LogP contribution in [0.1, 0.15) is 65.2 Å². The van der Waals surface area contributed by atoms with Crippen LogP contribution in [0.2, 0.25) is 0 Å². The molecule has 28 heavy (non-hydrogen) atoms. The first-order valence-electron chi connectivity index (χ1n) is 9.96. The fourth-order valence-electron chi connectivity index (χ4n) is 5.61. The largest absolute Gasteiger partial charge is 0.363 e. The highest BCUT2D eigenvalue weighted by Gasteiger charge is 2.75. The van der Waals surface area contributed by atoms with Crippen molar-refractivity contribution in [2.45, 2.75) is 92.3 Å². The third-order valence-corrected chi connectivity index (χ3v) is 7.32. The number of hydrogen-bond acceptors (Lipinski definition) is 4. The van der Waals surface area contributed by atoms with Gasteiger partial charge in [0.1, 0.15) is 11.2 Å². The molecule has 2 aliphatic carbocycles. The maximum absolute atomic E-state index is 11.4. The van der Waals surface area contributed by atoms with Gasteiger partial charge in [-0.3, -0.25) is 0 Å². The van der Waals surface area contributed by atoms with Crippen LogP contribution in [-0.4, -0.2) is 37.3 Å². The molecule has 2 bridgehead atoms.